The van der Waals surface area contributed by atoms with Gasteiger partial charge in [0.05, 0.1) is 5.69 Å². The Balaban J connectivity index is 1.54. The maximum absolute atomic E-state index is 4.43. The number of hydrogen-bond donors (Lipinski definition) is 1. The molecule has 2 fully saturated rings. The maximum atomic E-state index is 4.43. The molecule has 1 unspecified atom stereocenters. The topological polar surface area (TPSA) is 44.3 Å². The Morgan fingerprint density at radius 3 is 2.90 bits per heavy atom. The van der Waals surface area contributed by atoms with Crippen LogP contribution in [0.2, 0.25) is 0 Å². The Morgan fingerprint density at radius 2 is 2.14 bits per heavy atom. The quantitative estimate of drug-likeness (QED) is 0.890. The molecule has 0 radical (unpaired) electrons. The lowest BCUT2D eigenvalue weighted by atomic mass is 10.1. The molecule has 0 bridgehead atoms. The van der Waals surface area contributed by atoms with Gasteiger partial charge < -0.3 is 10.2 Å². The van der Waals surface area contributed by atoms with Crippen LogP contribution in [0.4, 0.5) is 5.82 Å². The fourth-order valence-corrected chi connectivity index (χ4v) is 3.30. The summed E-state index contributed by atoms with van der Waals surface area (Å²) in [5.74, 6) is 1.70. The van der Waals surface area contributed by atoms with E-state index < -0.39 is 0 Å². The number of aromatic nitrogens is 2. The summed E-state index contributed by atoms with van der Waals surface area (Å²) in [5.41, 5.74) is 1.03. The number of piperazine rings is 1. The van der Waals surface area contributed by atoms with E-state index in [4.69, 9.17) is 0 Å². The third-order valence-electron chi connectivity index (χ3n) is 4.48. The Hall–Kier alpha value is -1.20. The van der Waals surface area contributed by atoms with E-state index >= 15 is 0 Å². The smallest absolute Gasteiger partial charge is 0.151 e. The highest BCUT2D eigenvalue weighted by atomic mass is 15.3. The van der Waals surface area contributed by atoms with Crippen LogP contribution >= 0.6 is 0 Å². The van der Waals surface area contributed by atoms with Gasteiger partial charge >= 0.3 is 0 Å². The normalized spacial score (nSPS) is 22.8. The molecule has 3 rings (SSSR count). The SMILES string of the molecule is CC(C)CNCc1ccc(N2CCN3CCCC3C2)nn1. The van der Waals surface area contributed by atoms with Crippen LogP contribution in [0.3, 0.4) is 0 Å². The molecule has 2 aliphatic heterocycles. The molecule has 1 aromatic rings. The average molecular weight is 289 g/mol. The predicted molar refractivity (Wildman–Crippen MR) is 85.4 cm³/mol. The third-order valence-corrected chi connectivity index (χ3v) is 4.48. The van der Waals surface area contributed by atoms with Crippen molar-refractivity contribution in [2.45, 2.75) is 39.3 Å². The van der Waals surface area contributed by atoms with E-state index in [0.717, 1.165) is 43.7 Å². The molecule has 21 heavy (non-hydrogen) atoms. The highest BCUT2D eigenvalue weighted by Gasteiger charge is 2.30. The molecule has 1 N–H and O–H groups in total. The van der Waals surface area contributed by atoms with E-state index in [2.05, 4.69) is 51.3 Å². The molecule has 116 valence electrons. The van der Waals surface area contributed by atoms with E-state index in [1.54, 1.807) is 0 Å². The van der Waals surface area contributed by atoms with Gasteiger partial charge in [0.15, 0.2) is 5.82 Å². The molecule has 0 aliphatic carbocycles. The number of nitrogens with one attached hydrogen (secondary N) is 1. The minimum absolute atomic E-state index is 0.667. The number of rotatable bonds is 5. The summed E-state index contributed by atoms with van der Waals surface area (Å²) in [6.07, 6.45) is 2.69. The Morgan fingerprint density at radius 1 is 1.24 bits per heavy atom. The molecule has 0 spiro atoms. The van der Waals surface area contributed by atoms with Crippen molar-refractivity contribution in [1.82, 2.24) is 20.4 Å². The van der Waals surface area contributed by atoms with Gasteiger partial charge in [0, 0.05) is 32.2 Å². The fraction of sp³-hybridized carbons (Fsp3) is 0.750. The zero-order valence-electron chi connectivity index (χ0n) is 13.3. The largest absolute Gasteiger partial charge is 0.352 e. The third kappa shape index (κ3) is 3.71. The van der Waals surface area contributed by atoms with Gasteiger partial charge in [-0.3, -0.25) is 4.90 Å². The average Bonchev–Trinajstić information content (AvgIpc) is 2.95. The minimum Gasteiger partial charge on any atom is -0.352 e. The lowest BCUT2D eigenvalue weighted by Crippen LogP contribution is -2.50. The van der Waals surface area contributed by atoms with Crippen molar-refractivity contribution in [2.75, 3.05) is 37.6 Å². The predicted octanol–water partition coefficient (Wildman–Crippen LogP) is 1.51. The summed E-state index contributed by atoms with van der Waals surface area (Å²) in [6.45, 7) is 10.9. The maximum Gasteiger partial charge on any atom is 0.151 e. The molecule has 1 atom stereocenters. The van der Waals surface area contributed by atoms with E-state index in [0.29, 0.717) is 5.92 Å². The van der Waals surface area contributed by atoms with Crippen LogP contribution in [0.1, 0.15) is 32.4 Å². The summed E-state index contributed by atoms with van der Waals surface area (Å²) in [4.78, 5) is 5.01. The van der Waals surface area contributed by atoms with E-state index in [1.807, 2.05) is 0 Å². The van der Waals surface area contributed by atoms with Gasteiger partial charge in [-0.25, -0.2) is 0 Å². The summed E-state index contributed by atoms with van der Waals surface area (Å²) in [7, 11) is 0. The number of anilines is 1. The monoisotopic (exact) mass is 289 g/mol. The van der Waals surface area contributed by atoms with Gasteiger partial charge in [-0.2, -0.15) is 5.10 Å². The summed E-state index contributed by atoms with van der Waals surface area (Å²) in [6, 6.07) is 4.97. The summed E-state index contributed by atoms with van der Waals surface area (Å²) >= 11 is 0. The number of hydrogen-bond acceptors (Lipinski definition) is 5. The van der Waals surface area contributed by atoms with Gasteiger partial charge in [0.25, 0.3) is 0 Å². The number of nitrogens with zero attached hydrogens (tertiary/aromatic N) is 4. The molecule has 0 saturated carbocycles. The lowest BCUT2D eigenvalue weighted by Gasteiger charge is -2.37. The molecule has 0 aromatic carbocycles. The fourth-order valence-electron chi connectivity index (χ4n) is 3.30. The van der Waals surface area contributed by atoms with Crippen molar-refractivity contribution in [2.24, 2.45) is 5.92 Å². The van der Waals surface area contributed by atoms with Gasteiger partial charge in [0.1, 0.15) is 0 Å². The molecule has 3 heterocycles. The van der Waals surface area contributed by atoms with Crippen molar-refractivity contribution < 1.29 is 0 Å². The Labute approximate surface area is 127 Å². The highest BCUT2D eigenvalue weighted by molar-refractivity contribution is 5.38. The van der Waals surface area contributed by atoms with Crippen LogP contribution in [-0.2, 0) is 6.54 Å². The van der Waals surface area contributed by atoms with Crippen LogP contribution in [0, 0.1) is 5.92 Å². The Bertz CT molecular complexity index is 444. The van der Waals surface area contributed by atoms with Crippen LogP contribution in [0.15, 0.2) is 12.1 Å². The van der Waals surface area contributed by atoms with Gasteiger partial charge in [-0.1, -0.05) is 13.8 Å². The van der Waals surface area contributed by atoms with Crippen LogP contribution in [0.5, 0.6) is 0 Å². The molecule has 2 saturated heterocycles. The molecule has 1 aromatic heterocycles. The van der Waals surface area contributed by atoms with Crippen LogP contribution < -0.4 is 10.2 Å². The van der Waals surface area contributed by atoms with Crippen LogP contribution in [-0.4, -0.2) is 53.9 Å². The van der Waals surface area contributed by atoms with Crippen molar-refractivity contribution in [3.8, 4) is 0 Å². The van der Waals surface area contributed by atoms with Gasteiger partial charge in [-0.05, 0) is 44.0 Å². The van der Waals surface area contributed by atoms with E-state index in [9.17, 15) is 0 Å². The second kappa shape index (κ2) is 6.71. The zero-order chi connectivity index (χ0) is 14.7. The van der Waals surface area contributed by atoms with Crippen molar-refractivity contribution in [3.05, 3.63) is 17.8 Å². The Kier molecular flexibility index (Phi) is 4.70. The first kappa shape index (κ1) is 14.7. The first-order valence-electron chi connectivity index (χ1n) is 8.24. The van der Waals surface area contributed by atoms with Gasteiger partial charge in [-0.15, -0.1) is 5.10 Å². The lowest BCUT2D eigenvalue weighted by molar-refractivity contribution is 0.230. The zero-order valence-corrected chi connectivity index (χ0v) is 13.3. The molecule has 5 nitrogen and oxygen atoms in total. The van der Waals surface area contributed by atoms with E-state index in [-0.39, 0.29) is 0 Å². The molecule has 5 heteroatoms. The molecular weight excluding hydrogens is 262 g/mol. The summed E-state index contributed by atoms with van der Waals surface area (Å²) in [5, 5.41) is 12.2. The summed E-state index contributed by atoms with van der Waals surface area (Å²) < 4.78 is 0. The first-order valence-corrected chi connectivity index (χ1v) is 8.24. The van der Waals surface area contributed by atoms with Crippen molar-refractivity contribution in [3.63, 3.8) is 0 Å². The van der Waals surface area contributed by atoms with Crippen molar-refractivity contribution in [1.29, 1.82) is 0 Å². The molecule has 2 aliphatic rings. The first-order chi connectivity index (χ1) is 10.2. The van der Waals surface area contributed by atoms with E-state index in [1.165, 1.54) is 25.9 Å². The van der Waals surface area contributed by atoms with Gasteiger partial charge in [0.2, 0.25) is 0 Å². The highest BCUT2D eigenvalue weighted by Crippen LogP contribution is 2.24. The van der Waals surface area contributed by atoms with Crippen molar-refractivity contribution >= 4 is 5.82 Å². The minimum atomic E-state index is 0.667. The number of fused-ring (bicyclic) bond motifs is 1. The van der Waals surface area contributed by atoms with Crippen LogP contribution in [0.25, 0.3) is 0 Å². The molecular formula is C16H27N5. The second-order valence-electron chi connectivity index (χ2n) is 6.69. The standard InChI is InChI=1S/C16H27N5/c1-13(2)10-17-11-14-5-6-16(19-18-14)21-9-8-20-7-3-4-15(20)12-21/h5-6,13,15,17H,3-4,7-12H2,1-2H3. The second-order valence-corrected chi connectivity index (χ2v) is 6.69. The molecule has 0 amide bonds.